The molecule has 3 atom stereocenters. The first kappa shape index (κ1) is 18.2. The van der Waals surface area contributed by atoms with Gasteiger partial charge in [-0.2, -0.15) is 0 Å². The topological polar surface area (TPSA) is 91.0 Å². The number of esters is 1. The molecular weight excluding hydrogens is 360 g/mol. The van der Waals surface area contributed by atoms with Crippen molar-refractivity contribution in [3.63, 3.8) is 0 Å². The van der Waals surface area contributed by atoms with Gasteiger partial charge in [0.15, 0.2) is 0 Å². The molecule has 1 aliphatic carbocycles. The number of nitro groups is 1. The average Bonchev–Trinajstić information content (AvgIpc) is 3.34. The fourth-order valence-electron chi connectivity index (χ4n) is 4.27. The predicted octanol–water partition coefficient (Wildman–Crippen LogP) is 3.80. The van der Waals surface area contributed by atoms with Crippen LogP contribution in [0.4, 0.5) is 11.4 Å². The number of carbonyl (C=O) groups is 1. The van der Waals surface area contributed by atoms with Crippen LogP contribution in [0.1, 0.15) is 25.0 Å². The molecule has 0 spiro atoms. The Hall–Kier alpha value is -3.22. The van der Waals surface area contributed by atoms with Gasteiger partial charge in [-0.15, -0.1) is 0 Å². The molecule has 4 rings (SSSR count). The summed E-state index contributed by atoms with van der Waals surface area (Å²) in [4.78, 5) is 28.0. The molecule has 2 aliphatic rings. The molecule has 1 heterocycles. The second-order valence-electron chi connectivity index (χ2n) is 7.17. The van der Waals surface area contributed by atoms with Crippen LogP contribution in [-0.2, 0) is 14.9 Å². The van der Waals surface area contributed by atoms with Crippen LogP contribution in [0.5, 0.6) is 5.75 Å². The minimum Gasteiger partial charge on any atom is -0.497 e. The summed E-state index contributed by atoms with van der Waals surface area (Å²) in [7, 11) is 1.60. The molecule has 1 fully saturated rings. The minimum absolute atomic E-state index is 0.0193. The Morgan fingerprint density at radius 3 is 2.57 bits per heavy atom. The summed E-state index contributed by atoms with van der Waals surface area (Å²) in [6, 6.07) is 11.9. The van der Waals surface area contributed by atoms with E-state index in [4.69, 9.17) is 14.5 Å². The maximum absolute atomic E-state index is 12.7. The molecule has 3 unspecified atom stereocenters. The van der Waals surface area contributed by atoms with Crippen LogP contribution in [0.2, 0.25) is 0 Å². The predicted molar refractivity (Wildman–Crippen MR) is 103 cm³/mol. The van der Waals surface area contributed by atoms with Crippen LogP contribution in [0.3, 0.4) is 0 Å². The van der Waals surface area contributed by atoms with Crippen molar-refractivity contribution >= 4 is 23.1 Å². The van der Waals surface area contributed by atoms with E-state index < -0.39 is 10.3 Å². The molecule has 7 heteroatoms. The third kappa shape index (κ3) is 2.58. The molecule has 0 amide bonds. The Kier molecular flexibility index (Phi) is 4.18. The van der Waals surface area contributed by atoms with Gasteiger partial charge in [0.25, 0.3) is 5.69 Å². The number of methoxy groups -OCH3 is 1. The van der Waals surface area contributed by atoms with Gasteiger partial charge in [0.2, 0.25) is 0 Å². The molecule has 7 nitrogen and oxygen atoms in total. The van der Waals surface area contributed by atoms with Gasteiger partial charge in [-0.1, -0.05) is 6.92 Å². The standard InChI is InChI=1S/C21H20N2O5/c1-4-28-20(24)18-17-19(12-5-7-13(8-6-12)23(25)26)22-16-10-9-14(27-3)11-15(16)21(17,18)2/h5-11,17-18H,4H2,1-3H3. The summed E-state index contributed by atoms with van der Waals surface area (Å²) in [5, 5.41) is 11.0. The Morgan fingerprint density at radius 1 is 1.25 bits per heavy atom. The SMILES string of the molecule is CCOC(=O)C1C2C(c3ccc([N+](=O)[O-])cc3)=Nc3ccc(OC)cc3C12C. The molecule has 0 radical (unpaired) electrons. The first-order valence-electron chi connectivity index (χ1n) is 9.10. The van der Waals surface area contributed by atoms with E-state index in [0.29, 0.717) is 12.4 Å². The fraction of sp³-hybridized carbons (Fsp3) is 0.333. The number of hydrogen-bond donors (Lipinski definition) is 0. The smallest absolute Gasteiger partial charge is 0.310 e. The zero-order chi connectivity index (χ0) is 20.1. The molecular formula is C21H20N2O5. The fourth-order valence-corrected chi connectivity index (χ4v) is 4.27. The molecule has 0 N–H and O–H groups in total. The number of nitro benzene ring substituents is 1. The molecule has 0 aromatic heterocycles. The normalized spacial score (nSPS) is 24.5. The van der Waals surface area contributed by atoms with Crippen LogP contribution < -0.4 is 4.74 Å². The van der Waals surface area contributed by atoms with Gasteiger partial charge in [0.05, 0.1) is 36.0 Å². The van der Waals surface area contributed by atoms with Crippen LogP contribution >= 0.6 is 0 Å². The van der Waals surface area contributed by atoms with E-state index in [0.717, 1.165) is 22.5 Å². The highest BCUT2D eigenvalue weighted by Gasteiger charge is 2.70. The monoisotopic (exact) mass is 380 g/mol. The molecule has 0 saturated heterocycles. The zero-order valence-corrected chi connectivity index (χ0v) is 15.8. The minimum atomic E-state index is -0.449. The highest BCUT2D eigenvalue weighted by Crippen LogP contribution is 2.66. The van der Waals surface area contributed by atoms with E-state index in [1.807, 2.05) is 25.1 Å². The number of non-ortho nitro benzene ring substituents is 1. The van der Waals surface area contributed by atoms with Crippen molar-refractivity contribution in [2.45, 2.75) is 19.3 Å². The highest BCUT2D eigenvalue weighted by molar-refractivity contribution is 6.12. The summed E-state index contributed by atoms with van der Waals surface area (Å²) in [5.41, 5.74) is 2.84. The summed E-state index contributed by atoms with van der Waals surface area (Å²) in [6.07, 6.45) is 0. The second kappa shape index (κ2) is 6.44. The van der Waals surface area contributed by atoms with Gasteiger partial charge in [0, 0.05) is 23.5 Å². The highest BCUT2D eigenvalue weighted by atomic mass is 16.6. The van der Waals surface area contributed by atoms with Crippen molar-refractivity contribution < 1.29 is 19.2 Å². The largest absolute Gasteiger partial charge is 0.497 e. The van der Waals surface area contributed by atoms with Gasteiger partial charge < -0.3 is 9.47 Å². The van der Waals surface area contributed by atoms with Crippen LogP contribution in [0, 0.1) is 22.0 Å². The molecule has 1 aliphatic heterocycles. The lowest BCUT2D eigenvalue weighted by Gasteiger charge is -2.22. The van der Waals surface area contributed by atoms with E-state index in [1.165, 1.54) is 12.1 Å². The first-order chi connectivity index (χ1) is 13.4. The van der Waals surface area contributed by atoms with Crippen LogP contribution in [0.15, 0.2) is 47.5 Å². The van der Waals surface area contributed by atoms with Gasteiger partial charge in [0.1, 0.15) is 5.75 Å². The number of fused-ring (bicyclic) bond motifs is 3. The number of rotatable bonds is 5. The quantitative estimate of drug-likeness (QED) is 0.447. The van der Waals surface area contributed by atoms with Crippen molar-refractivity contribution in [2.75, 3.05) is 13.7 Å². The maximum Gasteiger partial charge on any atom is 0.310 e. The Labute approximate surface area is 162 Å². The lowest BCUT2D eigenvalue weighted by molar-refractivity contribution is -0.384. The van der Waals surface area contributed by atoms with Crippen LogP contribution in [-0.4, -0.2) is 30.3 Å². The molecule has 2 aromatic carbocycles. The lowest BCUT2D eigenvalue weighted by atomic mass is 9.87. The third-order valence-corrected chi connectivity index (χ3v) is 5.75. The number of benzene rings is 2. The van der Waals surface area contributed by atoms with Gasteiger partial charge in [-0.05, 0) is 48.4 Å². The Bertz CT molecular complexity index is 998. The van der Waals surface area contributed by atoms with Crippen molar-refractivity contribution in [1.82, 2.24) is 0 Å². The van der Waals surface area contributed by atoms with E-state index in [9.17, 15) is 14.9 Å². The lowest BCUT2D eigenvalue weighted by Crippen LogP contribution is -2.18. The number of hydrogen-bond acceptors (Lipinski definition) is 6. The number of nitrogens with zero attached hydrogens (tertiary/aromatic N) is 2. The van der Waals surface area contributed by atoms with Gasteiger partial charge in [-0.3, -0.25) is 19.9 Å². The van der Waals surface area contributed by atoms with E-state index >= 15 is 0 Å². The zero-order valence-electron chi connectivity index (χ0n) is 15.8. The summed E-state index contributed by atoms with van der Waals surface area (Å²) in [5.74, 6) is -0.0372. The van der Waals surface area contributed by atoms with Gasteiger partial charge >= 0.3 is 5.97 Å². The Morgan fingerprint density at radius 2 is 1.96 bits per heavy atom. The van der Waals surface area contributed by atoms with Crippen molar-refractivity contribution in [1.29, 1.82) is 0 Å². The maximum atomic E-state index is 12.7. The van der Waals surface area contributed by atoms with E-state index in [2.05, 4.69) is 0 Å². The van der Waals surface area contributed by atoms with E-state index in [-0.39, 0.29) is 23.5 Å². The van der Waals surface area contributed by atoms with Crippen molar-refractivity contribution in [3.8, 4) is 5.75 Å². The van der Waals surface area contributed by atoms with Crippen LogP contribution in [0.25, 0.3) is 0 Å². The molecule has 0 bridgehead atoms. The molecule has 1 saturated carbocycles. The molecule has 144 valence electrons. The average molecular weight is 380 g/mol. The van der Waals surface area contributed by atoms with Crippen molar-refractivity contribution in [2.24, 2.45) is 16.8 Å². The second-order valence-corrected chi connectivity index (χ2v) is 7.17. The summed E-state index contributed by atoms with van der Waals surface area (Å²) >= 11 is 0. The summed E-state index contributed by atoms with van der Waals surface area (Å²) in [6.45, 7) is 4.14. The molecule has 2 aromatic rings. The van der Waals surface area contributed by atoms with E-state index in [1.54, 1.807) is 26.2 Å². The molecule has 28 heavy (non-hydrogen) atoms. The number of carbonyl (C=O) groups excluding carboxylic acids is 1. The van der Waals surface area contributed by atoms with Gasteiger partial charge in [-0.25, -0.2) is 0 Å². The first-order valence-corrected chi connectivity index (χ1v) is 9.10. The summed E-state index contributed by atoms with van der Waals surface area (Å²) < 4.78 is 10.7. The van der Waals surface area contributed by atoms with Crippen molar-refractivity contribution in [3.05, 3.63) is 63.7 Å². The third-order valence-electron chi connectivity index (χ3n) is 5.75. The number of ether oxygens (including phenoxy) is 2. The number of aliphatic imine (C=N–C) groups is 1. The Balaban J connectivity index is 1.83.